The van der Waals surface area contributed by atoms with Gasteiger partial charge in [0, 0.05) is 24.7 Å². The van der Waals surface area contributed by atoms with Crippen molar-refractivity contribution in [2.45, 2.75) is 81.7 Å². The number of fused-ring (bicyclic) bond motifs is 3. The number of allylic oxidation sites excluding steroid dienone is 1. The molecule has 0 aromatic rings. The van der Waals surface area contributed by atoms with Crippen LogP contribution in [0.25, 0.3) is 0 Å². The van der Waals surface area contributed by atoms with E-state index in [1.807, 2.05) is 0 Å². The highest BCUT2D eigenvalue weighted by atomic mass is 16.7. The summed E-state index contributed by atoms with van der Waals surface area (Å²) in [6, 6.07) is 0. The number of hydrogen-bond acceptors (Lipinski definition) is 4. The van der Waals surface area contributed by atoms with Gasteiger partial charge in [0.1, 0.15) is 17.0 Å². The third-order valence-electron chi connectivity index (χ3n) is 8.59. The van der Waals surface area contributed by atoms with E-state index in [2.05, 4.69) is 13.0 Å². The van der Waals surface area contributed by atoms with Crippen LogP contribution in [0.2, 0.25) is 0 Å². The molecule has 5 atom stereocenters. The van der Waals surface area contributed by atoms with Crippen LogP contribution in [0, 0.1) is 17.3 Å². The normalized spacial score (nSPS) is 52.7. The lowest BCUT2D eigenvalue weighted by Crippen LogP contribution is -2.54. The molecule has 4 heteroatoms. The average Bonchev–Trinajstić information content (AvgIpc) is 3.20. The largest absolute Gasteiger partial charge is 0.358 e. The molecule has 0 amide bonds. The number of ketones is 1. The molecule has 2 saturated heterocycles. The minimum absolute atomic E-state index is 0.0543. The lowest BCUT2D eigenvalue weighted by Gasteiger charge is -2.50. The van der Waals surface area contributed by atoms with E-state index in [-0.39, 0.29) is 16.6 Å². The lowest BCUT2D eigenvalue weighted by molar-refractivity contribution is -0.284. The fraction of sp³-hybridized carbons (Fsp3) is 0.857. The Kier molecular flexibility index (Phi) is 2.81. The zero-order valence-corrected chi connectivity index (χ0v) is 15.1. The van der Waals surface area contributed by atoms with Crippen LogP contribution in [0.5, 0.6) is 0 Å². The van der Waals surface area contributed by atoms with Gasteiger partial charge in [0.25, 0.3) is 0 Å². The highest BCUT2D eigenvalue weighted by Crippen LogP contribution is 2.73. The zero-order chi connectivity index (χ0) is 16.9. The average molecular weight is 344 g/mol. The van der Waals surface area contributed by atoms with Gasteiger partial charge < -0.3 is 14.2 Å². The van der Waals surface area contributed by atoms with Crippen molar-refractivity contribution < 1.29 is 19.0 Å². The SMILES string of the molecule is C[C@]12CC=C3C(CC[C@@]45CC6(CC[C@@]34O5)OCCCO6)C1CCC2=O. The predicted molar refractivity (Wildman–Crippen MR) is 90.9 cm³/mol. The Balaban J connectivity index is 1.34. The molecule has 4 nitrogen and oxygen atoms in total. The van der Waals surface area contributed by atoms with Crippen LogP contribution in [-0.2, 0) is 19.0 Å². The quantitative estimate of drug-likeness (QED) is 0.498. The Morgan fingerprint density at radius 3 is 2.80 bits per heavy atom. The number of carbonyl (C=O) groups is 1. The van der Waals surface area contributed by atoms with Crippen molar-refractivity contribution in [3.8, 4) is 0 Å². The monoisotopic (exact) mass is 344 g/mol. The van der Waals surface area contributed by atoms with Gasteiger partial charge in [-0.2, -0.15) is 0 Å². The van der Waals surface area contributed by atoms with Crippen LogP contribution < -0.4 is 0 Å². The van der Waals surface area contributed by atoms with E-state index in [4.69, 9.17) is 14.2 Å². The molecule has 6 aliphatic rings. The third-order valence-corrected chi connectivity index (χ3v) is 8.59. The molecule has 0 aromatic heterocycles. The van der Waals surface area contributed by atoms with Gasteiger partial charge >= 0.3 is 0 Å². The molecular weight excluding hydrogens is 316 g/mol. The number of hydrogen-bond donors (Lipinski definition) is 0. The molecule has 5 fully saturated rings. The molecule has 4 aliphatic carbocycles. The lowest BCUT2D eigenvalue weighted by atomic mass is 9.54. The van der Waals surface area contributed by atoms with Crippen molar-refractivity contribution >= 4 is 5.78 Å². The fourth-order valence-electron chi connectivity index (χ4n) is 7.23. The molecular formula is C21H28O4. The van der Waals surface area contributed by atoms with Crippen LogP contribution in [0.1, 0.15) is 64.7 Å². The predicted octanol–water partition coefficient (Wildman–Crippen LogP) is 3.54. The molecule has 2 heterocycles. The van der Waals surface area contributed by atoms with Gasteiger partial charge in [-0.15, -0.1) is 0 Å². The molecule has 0 aromatic carbocycles. The smallest absolute Gasteiger partial charge is 0.171 e. The fourth-order valence-corrected chi connectivity index (χ4v) is 7.23. The van der Waals surface area contributed by atoms with E-state index < -0.39 is 5.79 Å². The molecule has 1 spiro atoms. The van der Waals surface area contributed by atoms with Crippen molar-refractivity contribution in [2.24, 2.45) is 17.3 Å². The topological polar surface area (TPSA) is 48.1 Å². The van der Waals surface area contributed by atoms with Crippen LogP contribution >= 0.6 is 0 Å². The van der Waals surface area contributed by atoms with Gasteiger partial charge in [0.15, 0.2) is 5.79 Å². The summed E-state index contributed by atoms with van der Waals surface area (Å²) in [6.07, 6.45) is 11.3. The van der Waals surface area contributed by atoms with Gasteiger partial charge in [-0.25, -0.2) is 0 Å². The molecule has 0 bridgehead atoms. The first-order valence-corrected chi connectivity index (χ1v) is 10.2. The Morgan fingerprint density at radius 2 is 1.96 bits per heavy atom. The van der Waals surface area contributed by atoms with E-state index in [9.17, 15) is 4.79 Å². The maximum absolute atomic E-state index is 12.5. The summed E-state index contributed by atoms with van der Waals surface area (Å²) < 4.78 is 18.8. The van der Waals surface area contributed by atoms with E-state index >= 15 is 0 Å². The van der Waals surface area contributed by atoms with Crippen molar-refractivity contribution in [3.05, 3.63) is 11.6 Å². The Labute approximate surface area is 149 Å². The molecule has 0 radical (unpaired) electrons. The summed E-state index contributed by atoms with van der Waals surface area (Å²) in [6.45, 7) is 3.85. The second kappa shape index (κ2) is 4.58. The van der Waals surface area contributed by atoms with Gasteiger partial charge in [-0.1, -0.05) is 13.0 Å². The van der Waals surface area contributed by atoms with Gasteiger partial charge in [-0.3, -0.25) is 4.79 Å². The van der Waals surface area contributed by atoms with Gasteiger partial charge in [-0.05, 0) is 55.9 Å². The number of carbonyl (C=O) groups excluding carboxylic acids is 1. The zero-order valence-electron chi connectivity index (χ0n) is 15.1. The van der Waals surface area contributed by atoms with Crippen molar-refractivity contribution in [2.75, 3.05) is 13.2 Å². The van der Waals surface area contributed by atoms with E-state index in [0.29, 0.717) is 17.6 Å². The molecule has 25 heavy (non-hydrogen) atoms. The summed E-state index contributed by atoms with van der Waals surface area (Å²) in [7, 11) is 0. The van der Waals surface area contributed by atoms with Gasteiger partial charge in [0.05, 0.1) is 13.2 Å². The van der Waals surface area contributed by atoms with Crippen LogP contribution in [0.15, 0.2) is 11.6 Å². The van der Waals surface area contributed by atoms with Crippen LogP contribution in [0.4, 0.5) is 0 Å². The molecule has 0 N–H and O–H groups in total. The summed E-state index contributed by atoms with van der Waals surface area (Å²) >= 11 is 0. The molecule has 3 saturated carbocycles. The Bertz CT molecular complexity index is 677. The standard InChI is InChI=1S/C21H28O4/c1-18-7-6-16-14(15(18)3-4-17(18)22)5-8-19-13-20(23-11-2-12-24-20)9-10-21(16,19)25-19/h6,14-15H,2-5,7-13H2,1H3/t14?,15?,18-,19+,21+/m0/s1. The highest BCUT2D eigenvalue weighted by molar-refractivity contribution is 5.87. The summed E-state index contributed by atoms with van der Waals surface area (Å²) in [5, 5.41) is 0. The van der Waals surface area contributed by atoms with Crippen molar-refractivity contribution in [1.82, 2.24) is 0 Å². The maximum Gasteiger partial charge on any atom is 0.171 e. The number of Topliss-reactive ketones (excluding diaryl/α,β-unsaturated/α-hetero) is 1. The number of ether oxygens (including phenoxy) is 3. The molecule has 2 aliphatic heterocycles. The number of rotatable bonds is 0. The summed E-state index contributed by atoms with van der Waals surface area (Å²) in [5.74, 6) is 1.20. The molecule has 2 unspecified atom stereocenters. The third kappa shape index (κ3) is 1.72. The molecule has 136 valence electrons. The Hall–Kier alpha value is -0.710. The summed E-state index contributed by atoms with van der Waals surface area (Å²) in [4.78, 5) is 12.5. The summed E-state index contributed by atoms with van der Waals surface area (Å²) in [5.41, 5.74) is 1.33. The number of epoxide rings is 1. The van der Waals surface area contributed by atoms with Crippen molar-refractivity contribution in [1.29, 1.82) is 0 Å². The first-order valence-electron chi connectivity index (χ1n) is 10.2. The van der Waals surface area contributed by atoms with Crippen LogP contribution in [-0.4, -0.2) is 36.0 Å². The van der Waals surface area contributed by atoms with E-state index in [0.717, 1.165) is 71.0 Å². The first kappa shape index (κ1) is 15.4. The van der Waals surface area contributed by atoms with E-state index in [1.165, 1.54) is 0 Å². The minimum atomic E-state index is -0.391. The minimum Gasteiger partial charge on any atom is -0.358 e. The van der Waals surface area contributed by atoms with Gasteiger partial charge in [0.2, 0.25) is 0 Å². The van der Waals surface area contributed by atoms with E-state index in [1.54, 1.807) is 5.57 Å². The van der Waals surface area contributed by atoms with Crippen LogP contribution in [0.3, 0.4) is 0 Å². The molecule has 6 rings (SSSR count). The second-order valence-corrected chi connectivity index (χ2v) is 9.56. The second-order valence-electron chi connectivity index (χ2n) is 9.56. The first-order chi connectivity index (χ1) is 12.0. The van der Waals surface area contributed by atoms with Crippen molar-refractivity contribution in [3.63, 3.8) is 0 Å². The highest BCUT2D eigenvalue weighted by Gasteiger charge is 2.79. The Morgan fingerprint density at radius 1 is 1.12 bits per heavy atom. The maximum atomic E-state index is 12.5.